The molecule has 118 valence electrons. The molecule has 0 saturated carbocycles. The summed E-state index contributed by atoms with van der Waals surface area (Å²) in [4.78, 5) is 9.36. The summed E-state index contributed by atoms with van der Waals surface area (Å²) in [6, 6.07) is 0. The van der Waals surface area contributed by atoms with Gasteiger partial charge in [-0.1, -0.05) is 6.92 Å². The molecule has 1 aliphatic heterocycles. The van der Waals surface area contributed by atoms with Crippen molar-refractivity contribution < 1.29 is 4.74 Å². The zero-order valence-corrected chi connectivity index (χ0v) is 13.8. The fraction of sp³-hybridized carbons (Fsp3) is 0.750. The topological polar surface area (TPSA) is 59.1 Å². The highest BCUT2D eigenvalue weighted by atomic mass is 16.5. The zero-order chi connectivity index (χ0) is 15.3. The van der Waals surface area contributed by atoms with Gasteiger partial charge in [0.25, 0.3) is 0 Å². The van der Waals surface area contributed by atoms with Gasteiger partial charge in [0.15, 0.2) is 0 Å². The summed E-state index contributed by atoms with van der Waals surface area (Å²) < 4.78 is 5.63. The normalized spacial score (nSPS) is 22.1. The molecule has 1 aliphatic rings. The van der Waals surface area contributed by atoms with Crippen molar-refractivity contribution >= 4 is 11.6 Å². The highest BCUT2D eigenvalue weighted by Crippen LogP contribution is 2.27. The van der Waals surface area contributed by atoms with Crippen LogP contribution in [0.4, 0.5) is 11.6 Å². The summed E-state index contributed by atoms with van der Waals surface area (Å²) in [5.41, 5.74) is 1.05. The van der Waals surface area contributed by atoms with E-state index >= 15 is 0 Å². The van der Waals surface area contributed by atoms with Crippen molar-refractivity contribution in [2.75, 3.05) is 30.4 Å². The summed E-state index contributed by atoms with van der Waals surface area (Å²) in [6.45, 7) is 11.0. The van der Waals surface area contributed by atoms with E-state index in [1.807, 2.05) is 0 Å². The third-order valence-corrected chi connectivity index (χ3v) is 3.87. The molecule has 2 N–H and O–H groups in total. The lowest BCUT2D eigenvalue weighted by Gasteiger charge is -2.35. The molecule has 1 aromatic heterocycles. The number of nitrogens with zero attached hydrogens (tertiary/aromatic N) is 2. The van der Waals surface area contributed by atoms with E-state index in [1.165, 1.54) is 0 Å². The minimum absolute atomic E-state index is 0.0374. The summed E-state index contributed by atoms with van der Waals surface area (Å²) in [5, 5.41) is 6.95. The van der Waals surface area contributed by atoms with E-state index in [0.717, 1.165) is 68.5 Å². The second kappa shape index (κ2) is 7.07. The van der Waals surface area contributed by atoms with Crippen molar-refractivity contribution in [1.82, 2.24) is 9.97 Å². The van der Waals surface area contributed by atoms with Crippen molar-refractivity contribution in [3.8, 4) is 0 Å². The highest BCUT2D eigenvalue weighted by Gasteiger charge is 2.28. The number of nitrogens with one attached hydrogen (secondary N) is 2. The molecule has 2 rings (SSSR count). The highest BCUT2D eigenvalue weighted by molar-refractivity contribution is 5.58. The third-order valence-electron chi connectivity index (χ3n) is 3.87. The third kappa shape index (κ3) is 4.06. The van der Waals surface area contributed by atoms with Crippen LogP contribution in [0.1, 0.15) is 51.4 Å². The number of hydrogen-bond acceptors (Lipinski definition) is 5. The van der Waals surface area contributed by atoms with Gasteiger partial charge in [-0.3, -0.25) is 0 Å². The van der Waals surface area contributed by atoms with Crippen LogP contribution in [0.3, 0.4) is 0 Å². The first kappa shape index (κ1) is 16.0. The van der Waals surface area contributed by atoms with Crippen LogP contribution < -0.4 is 10.6 Å². The Morgan fingerprint density at radius 3 is 2.62 bits per heavy atom. The number of hydrogen-bond donors (Lipinski definition) is 2. The van der Waals surface area contributed by atoms with Crippen LogP contribution in [0.15, 0.2) is 0 Å². The van der Waals surface area contributed by atoms with Crippen molar-refractivity contribution in [3.05, 3.63) is 11.4 Å². The second-order valence-corrected chi connectivity index (χ2v) is 6.08. The molecule has 0 spiro atoms. The van der Waals surface area contributed by atoms with Crippen LogP contribution in [-0.2, 0) is 11.2 Å². The fourth-order valence-electron chi connectivity index (χ4n) is 2.68. The van der Waals surface area contributed by atoms with Crippen molar-refractivity contribution in [3.63, 3.8) is 0 Å². The van der Waals surface area contributed by atoms with E-state index in [-0.39, 0.29) is 5.54 Å². The number of rotatable bonds is 6. The van der Waals surface area contributed by atoms with E-state index in [0.29, 0.717) is 0 Å². The molecule has 21 heavy (non-hydrogen) atoms. The molecule has 1 atom stereocenters. The van der Waals surface area contributed by atoms with E-state index in [1.54, 1.807) is 0 Å². The standard InChI is InChI=1S/C16H28N4O/c1-5-8-13-18-14(17-6-2)12(3)15(19-13)20-16(4)9-7-10-21-11-16/h5-11H2,1-4H3,(H2,17,18,19,20). The van der Waals surface area contributed by atoms with E-state index < -0.39 is 0 Å². The molecule has 0 bridgehead atoms. The molecule has 1 aromatic rings. The van der Waals surface area contributed by atoms with Crippen LogP contribution in [0, 0.1) is 6.92 Å². The molecule has 1 unspecified atom stereocenters. The monoisotopic (exact) mass is 292 g/mol. The van der Waals surface area contributed by atoms with E-state index in [4.69, 9.17) is 9.72 Å². The molecule has 5 heteroatoms. The largest absolute Gasteiger partial charge is 0.379 e. The molecular weight excluding hydrogens is 264 g/mol. The average Bonchev–Trinajstić information content (AvgIpc) is 2.45. The van der Waals surface area contributed by atoms with Crippen molar-refractivity contribution in [2.24, 2.45) is 0 Å². The molecule has 0 radical (unpaired) electrons. The summed E-state index contributed by atoms with van der Waals surface area (Å²) in [7, 11) is 0. The van der Waals surface area contributed by atoms with Crippen LogP contribution in [0.2, 0.25) is 0 Å². The van der Waals surface area contributed by atoms with Gasteiger partial charge in [0, 0.05) is 25.1 Å². The molecule has 1 saturated heterocycles. The van der Waals surface area contributed by atoms with Crippen molar-refractivity contribution in [2.45, 2.75) is 58.9 Å². The minimum Gasteiger partial charge on any atom is -0.379 e. The van der Waals surface area contributed by atoms with Crippen LogP contribution in [0.5, 0.6) is 0 Å². The SMILES string of the molecule is CCCc1nc(NCC)c(C)c(NC2(C)CCCOC2)n1. The molecule has 0 aromatic carbocycles. The van der Waals surface area contributed by atoms with Gasteiger partial charge < -0.3 is 15.4 Å². The molecule has 2 heterocycles. The molecular formula is C16H28N4O. The maximum Gasteiger partial charge on any atom is 0.135 e. The Morgan fingerprint density at radius 1 is 1.24 bits per heavy atom. The van der Waals surface area contributed by atoms with Gasteiger partial charge in [0.1, 0.15) is 17.5 Å². The molecule has 0 amide bonds. The minimum atomic E-state index is -0.0374. The molecule has 1 fully saturated rings. The van der Waals surface area contributed by atoms with Gasteiger partial charge in [-0.25, -0.2) is 9.97 Å². The quantitative estimate of drug-likeness (QED) is 0.843. The first-order valence-corrected chi connectivity index (χ1v) is 8.05. The Hall–Kier alpha value is -1.36. The number of ether oxygens (including phenoxy) is 1. The lowest BCUT2D eigenvalue weighted by Crippen LogP contribution is -2.43. The number of aryl methyl sites for hydroxylation is 1. The molecule has 5 nitrogen and oxygen atoms in total. The Balaban J connectivity index is 2.27. The first-order valence-electron chi connectivity index (χ1n) is 8.05. The Bertz CT molecular complexity index is 470. The summed E-state index contributed by atoms with van der Waals surface area (Å²) >= 11 is 0. The summed E-state index contributed by atoms with van der Waals surface area (Å²) in [6.07, 6.45) is 4.15. The maximum atomic E-state index is 5.63. The van der Waals surface area contributed by atoms with Gasteiger partial charge in [-0.05, 0) is 40.0 Å². The zero-order valence-electron chi connectivity index (χ0n) is 13.8. The average molecular weight is 292 g/mol. The Labute approximate surface area is 127 Å². The maximum absolute atomic E-state index is 5.63. The predicted molar refractivity (Wildman–Crippen MR) is 87.0 cm³/mol. The number of anilines is 2. The van der Waals surface area contributed by atoms with E-state index in [9.17, 15) is 0 Å². The lowest BCUT2D eigenvalue weighted by atomic mass is 9.94. The Morgan fingerprint density at radius 2 is 2.00 bits per heavy atom. The van der Waals surface area contributed by atoms with E-state index in [2.05, 4.69) is 43.3 Å². The van der Waals surface area contributed by atoms with Crippen molar-refractivity contribution in [1.29, 1.82) is 0 Å². The van der Waals surface area contributed by atoms with Gasteiger partial charge in [-0.15, -0.1) is 0 Å². The van der Waals surface area contributed by atoms with Crippen LogP contribution in [0.25, 0.3) is 0 Å². The van der Waals surface area contributed by atoms with Gasteiger partial charge >= 0.3 is 0 Å². The fourth-order valence-corrected chi connectivity index (χ4v) is 2.68. The smallest absolute Gasteiger partial charge is 0.135 e. The second-order valence-electron chi connectivity index (χ2n) is 6.08. The van der Waals surface area contributed by atoms with Gasteiger partial charge in [0.2, 0.25) is 0 Å². The lowest BCUT2D eigenvalue weighted by molar-refractivity contribution is 0.0538. The van der Waals surface area contributed by atoms with Crippen LogP contribution >= 0.6 is 0 Å². The number of aromatic nitrogens is 2. The first-order chi connectivity index (χ1) is 10.1. The van der Waals surface area contributed by atoms with Gasteiger partial charge in [-0.2, -0.15) is 0 Å². The Kier molecular flexibility index (Phi) is 5.39. The molecule has 0 aliphatic carbocycles. The summed E-state index contributed by atoms with van der Waals surface area (Å²) in [5.74, 6) is 2.79. The van der Waals surface area contributed by atoms with Gasteiger partial charge in [0.05, 0.1) is 12.1 Å². The van der Waals surface area contributed by atoms with Crippen LogP contribution in [-0.4, -0.2) is 35.3 Å². The predicted octanol–water partition coefficient (Wildman–Crippen LogP) is 3.15.